The Morgan fingerprint density at radius 2 is 1.75 bits per heavy atom. The predicted molar refractivity (Wildman–Crippen MR) is 82.6 cm³/mol. The molecule has 0 saturated heterocycles. The van der Waals surface area contributed by atoms with E-state index in [1.165, 1.54) is 0 Å². The third-order valence-electron chi connectivity index (χ3n) is 2.90. The van der Waals surface area contributed by atoms with Gasteiger partial charge in [-0.15, -0.1) is 0 Å². The zero-order valence-corrected chi connectivity index (χ0v) is 12.4. The maximum absolute atomic E-state index is 12.3. The molecule has 0 spiro atoms. The molecule has 0 fully saturated rings. The highest BCUT2D eigenvalue weighted by molar-refractivity contribution is 7.92. The van der Waals surface area contributed by atoms with Gasteiger partial charge in [-0.1, -0.05) is 18.2 Å². The Kier molecular flexibility index (Phi) is 4.29. The predicted octanol–water partition coefficient (Wildman–Crippen LogP) is 3.23. The van der Waals surface area contributed by atoms with Crippen molar-refractivity contribution < 1.29 is 8.42 Å². The molecule has 0 aliphatic heterocycles. The van der Waals surface area contributed by atoms with E-state index >= 15 is 0 Å². The molecule has 0 unspecified atom stereocenters. The van der Waals surface area contributed by atoms with E-state index in [2.05, 4.69) is 10.0 Å². The van der Waals surface area contributed by atoms with E-state index in [1.54, 1.807) is 42.5 Å². The Bertz CT molecular complexity index is 682. The first-order valence-electron chi connectivity index (χ1n) is 6.45. The van der Waals surface area contributed by atoms with Crippen molar-refractivity contribution >= 4 is 21.4 Å². The number of rotatable bonds is 5. The van der Waals surface area contributed by atoms with Gasteiger partial charge >= 0.3 is 0 Å². The molecule has 0 radical (unpaired) electrons. The van der Waals surface area contributed by atoms with Crippen molar-refractivity contribution in [2.45, 2.75) is 18.7 Å². The Labute approximate surface area is 119 Å². The summed E-state index contributed by atoms with van der Waals surface area (Å²) in [6.45, 7) is 4.69. The summed E-state index contributed by atoms with van der Waals surface area (Å²) < 4.78 is 27.1. The van der Waals surface area contributed by atoms with Gasteiger partial charge in [-0.2, -0.15) is 0 Å². The first-order valence-corrected chi connectivity index (χ1v) is 7.93. The molecule has 20 heavy (non-hydrogen) atoms. The van der Waals surface area contributed by atoms with Gasteiger partial charge in [0.1, 0.15) is 0 Å². The molecule has 5 heteroatoms. The highest BCUT2D eigenvalue weighted by atomic mass is 32.2. The van der Waals surface area contributed by atoms with Gasteiger partial charge in [0, 0.05) is 17.9 Å². The molecule has 2 rings (SSSR count). The maximum Gasteiger partial charge on any atom is 0.261 e. The van der Waals surface area contributed by atoms with Gasteiger partial charge in [0.15, 0.2) is 0 Å². The van der Waals surface area contributed by atoms with Crippen LogP contribution >= 0.6 is 0 Å². The highest BCUT2D eigenvalue weighted by Crippen LogP contribution is 2.21. The zero-order valence-electron chi connectivity index (χ0n) is 11.6. The first kappa shape index (κ1) is 14.4. The quantitative estimate of drug-likeness (QED) is 0.889. The fraction of sp³-hybridized carbons (Fsp3) is 0.200. The van der Waals surface area contributed by atoms with Crippen LogP contribution in [0.4, 0.5) is 11.4 Å². The number of nitrogens with one attached hydrogen (secondary N) is 2. The summed E-state index contributed by atoms with van der Waals surface area (Å²) in [7, 11) is -3.55. The van der Waals surface area contributed by atoms with Gasteiger partial charge in [-0.05, 0) is 49.7 Å². The molecule has 106 valence electrons. The highest BCUT2D eigenvalue weighted by Gasteiger charge is 2.15. The summed E-state index contributed by atoms with van der Waals surface area (Å²) in [4.78, 5) is 0.264. The SMILES string of the molecule is CCNc1ccc(S(=O)(=O)Nc2ccccc2)cc1C. The number of hydrogen-bond donors (Lipinski definition) is 2. The van der Waals surface area contributed by atoms with Crippen molar-refractivity contribution in [3.05, 3.63) is 54.1 Å². The molecule has 2 aromatic rings. The Morgan fingerprint density at radius 1 is 1.05 bits per heavy atom. The molecular formula is C15H18N2O2S. The summed E-state index contributed by atoms with van der Waals surface area (Å²) >= 11 is 0. The normalized spacial score (nSPS) is 11.1. The van der Waals surface area contributed by atoms with Crippen molar-refractivity contribution in [1.29, 1.82) is 0 Å². The molecule has 2 aromatic carbocycles. The van der Waals surface area contributed by atoms with Gasteiger partial charge in [0.05, 0.1) is 4.90 Å². The Balaban J connectivity index is 2.28. The van der Waals surface area contributed by atoms with E-state index in [4.69, 9.17) is 0 Å². The Morgan fingerprint density at radius 3 is 2.35 bits per heavy atom. The third kappa shape index (κ3) is 3.30. The van der Waals surface area contributed by atoms with Crippen molar-refractivity contribution in [3.63, 3.8) is 0 Å². The monoisotopic (exact) mass is 290 g/mol. The summed E-state index contributed by atoms with van der Waals surface area (Å²) in [5, 5.41) is 3.19. The van der Waals surface area contributed by atoms with Gasteiger partial charge < -0.3 is 5.32 Å². The molecule has 0 heterocycles. The van der Waals surface area contributed by atoms with E-state index < -0.39 is 10.0 Å². The number of sulfonamides is 1. The van der Waals surface area contributed by atoms with Crippen LogP contribution in [0.15, 0.2) is 53.4 Å². The summed E-state index contributed by atoms with van der Waals surface area (Å²) in [6.07, 6.45) is 0. The zero-order chi connectivity index (χ0) is 14.6. The second-order valence-corrected chi connectivity index (χ2v) is 6.16. The number of benzene rings is 2. The van der Waals surface area contributed by atoms with Crippen LogP contribution < -0.4 is 10.0 Å². The van der Waals surface area contributed by atoms with Gasteiger partial charge in [-0.25, -0.2) is 8.42 Å². The minimum absolute atomic E-state index is 0.264. The molecule has 0 amide bonds. The topological polar surface area (TPSA) is 58.2 Å². The van der Waals surface area contributed by atoms with Crippen LogP contribution in [0, 0.1) is 6.92 Å². The van der Waals surface area contributed by atoms with Crippen LogP contribution in [0.5, 0.6) is 0 Å². The smallest absolute Gasteiger partial charge is 0.261 e. The lowest BCUT2D eigenvalue weighted by atomic mass is 10.2. The number of hydrogen-bond acceptors (Lipinski definition) is 3. The van der Waals surface area contributed by atoms with E-state index in [-0.39, 0.29) is 4.90 Å². The largest absolute Gasteiger partial charge is 0.385 e. The van der Waals surface area contributed by atoms with Crippen LogP contribution in [-0.4, -0.2) is 15.0 Å². The molecule has 0 aromatic heterocycles. The van der Waals surface area contributed by atoms with Crippen molar-refractivity contribution in [1.82, 2.24) is 0 Å². The molecule has 2 N–H and O–H groups in total. The first-order chi connectivity index (χ1) is 9.53. The number of anilines is 2. The summed E-state index contributed by atoms with van der Waals surface area (Å²) in [5.74, 6) is 0. The van der Waals surface area contributed by atoms with Crippen LogP contribution in [0.1, 0.15) is 12.5 Å². The summed E-state index contributed by atoms with van der Waals surface area (Å²) in [5.41, 5.74) is 2.41. The average Bonchev–Trinajstić information content (AvgIpc) is 2.42. The van der Waals surface area contributed by atoms with E-state index in [0.717, 1.165) is 17.8 Å². The molecule has 0 atom stereocenters. The van der Waals surface area contributed by atoms with Gasteiger partial charge in [-0.3, -0.25) is 4.72 Å². The standard InChI is InChI=1S/C15H18N2O2S/c1-3-16-15-10-9-14(11-12(15)2)20(18,19)17-13-7-5-4-6-8-13/h4-11,16-17H,3H2,1-2H3. The number of para-hydroxylation sites is 1. The molecule has 4 nitrogen and oxygen atoms in total. The van der Waals surface area contributed by atoms with Crippen LogP contribution in [0.25, 0.3) is 0 Å². The average molecular weight is 290 g/mol. The number of aryl methyl sites for hydroxylation is 1. The van der Waals surface area contributed by atoms with Gasteiger partial charge in [0.25, 0.3) is 10.0 Å². The van der Waals surface area contributed by atoms with Crippen molar-refractivity contribution in [2.75, 3.05) is 16.6 Å². The second-order valence-electron chi connectivity index (χ2n) is 4.48. The van der Waals surface area contributed by atoms with Crippen LogP contribution in [0.3, 0.4) is 0 Å². The lowest BCUT2D eigenvalue weighted by Gasteiger charge is -2.11. The minimum Gasteiger partial charge on any atom is -0.385 e. The van der Waals surface area contributed by atoms with Gasteiger partial charge in [0.2, 0.25) is 0 Å². The van der Waals surface area contributed by atoms with E-state index in [1.807, 2.05) is 19.9 Å². The minimum atomic E-state index is -3.55. The molecule has 0 aliphatic carbocycles. The van der Waals surface area contributed by atoms with E-state index in [9.17, 15) is 8.42 Å². The fourth-order valence-corrected chi connectivity index (χ4v) is 3.06. The lowest BCUT2D eigenvalue weighted by molar-refractivity contribution is 0.601. The maximum atomic E-state index is 12.3. The molecular weight excluding hydrogens is 272 g/mol. The van der Waals surface area contributed by atoms with Crippen LogP contribution in [-0.2, 0) is 10.0 Å². The van der Waals surface area contributed by atoms with Crippen LogP contribution in [0.2, 0.25) is 0 Å². The molecule has 0 bridgehead atoms. The molecule has 0 saturated carbocycles. The molecule has 0 aliphatic rings. The fourth-order valence-electron chi connectivity index (χ4n) is 1.91. The summed E-state index contributed by atoms with van der Waals surface area (Å²) in [6, 6.07) is 13.9. The van der Waals surface area contributed by atoms with Crippen molar-refractivity contribution in [2.24, 2.45) is 0 Å². The Hall–Kier alpha value is -2.01. The lowest BCUT2D eigenvalue weighted by Crippen LogP contribution is -2.13. The second kappa shape index (κ2) is 5.96. The van der Waals surface area contributed by atoms with Crippen molar-refractivity contribution in [3.8, 4) is 0 Å². The van der Waals surface area contributed by atoms with E-state index in [0.29, 0.717) is 5.69 Å². The third-order valence-corrected chi connectivity index (χ3v) is 4.28.